The van der Waals surface area contributed by atoms with Crippen molar-refractivity contribution in [2.45, 2.75) is 27.3 Å². The van der Waals surface area contributed by atoms with Gasteiger partial charge < -0.3 is 9.67 Å². The van der Waals surface area contributed by atoms with Crippen LogP contribution in [0.4, 0.5) is 0 Å². The van der Waals surface area contributed by atoms with Crippen molar-refractivity contribution in [3.05, 3.63) is 23.5 Å². The van der Waals surface area contributed by atoms with Crippen LogP contribution in [-0.4, -0.2) is 15.6 Å². The van der Waals surface area contributed by atoms with Crippen LogP contribution in [0.25, 0.3) is 0 Å². The Hall–Kier alpha value is -1.25. The monoisotopic (exact) mass is 181 g/mol. The number of hydrogen-bond acceptors (Lipinski definition) is 1. The van der Waals surface area contributed by atoms with Gasteiger partial charge in [-0.05, 0) is 18.9 Å². The first-order valence-corrected chi connectivity index (χ1v) is 4.41. The third-order valence-electron chi connectivity index (χ3n) is 2.03. The van der Waals surface area contributed by atoms with Crippen LogP contribution >= 0.6 is 0 Å². The van der Waals surface area contributed by atoms with Gasteiger partial charge in [0.15, 0.2) is 0 Å². The lowest BCUT2D eigenvalue weighted by atomic mass is 10.2. The minimum Gasteiger partial charge on any atom is -0.478 e. The van der Waals surface area contributed by atoms with Gasteiger partial charge in [0.25, 0.3) is 0 Å². The van der Waals surface area contributed by atoms with Gasteiger partial charge in [-0.25, -0.2) is 4.79 Å². The predicted molar refractivity (Wildman–Crippen MR) is 51.0 cm³/mol. The molecule has 1 rings (SSSR count). The largest absolute Gasteiger partial charge is 0.478 e. The van der Waals surface area contributed by atoms with Crippen LogP contribution in [0.15, 0.2) is 12.3 Å². The molecule has 1 heterocycles. The molecule has 0 aliphatic carbocycles. The van der Waals surface area contributed by atoms with Crippen LogP contribution in [-0.2, 0) is 6.54 Å². The van der Waals surface area contributed by atoms with Gasteiger partial charge in [-0.2, -0.15) is 0 Å². The van der Waals surface area contributed by atoms with Crippen molar-refractivity contribution >= 4 is 5.97 Å². The highest BCUT2D eigenvalue weighted by atomic mass is 16.4. The molecular formula is C10H15NO2. The summed E-state index contributed by atoms with van der Waals surface area (Å²) in [5, 5.41) is 8.80. The van der Waals surface area contributed by atoms with E-state index in [1.54, 1.807) is 6.07 Å². The van der Waals surface area contributed by atoms with E-state index in [4.69, 9.17) is 5.11 Å². The standard InChI is InChI=1S/C10H15NO2/c1-7(2)6-11-5-4-9(8(11)3)10(12)13/h4-5,7H,6H2,1-3H3,(H,12,13). The Balaban J connectivity index is 2.93. The van der Waals surface area contributed by atoms with E-state index < -0.39 is 5.97 Å². The maximum atomic E-state index is 10.7. The van der Waals surface area contributed by atoms with Crippen LogP contribution in [0.2, 0.25) is 0 Å². The number of carboxylic acids is 1. The fourth-order valence-corrected chi connectivity index (χ4v) is 1.37. The highest BCUT2D eigenvalue weighted by Crippen LogP contribution is 2.11. The zero-order chi connectivity index (χ0) is 10.0. The summed E-state index contributed by atoms with van der Waals surface area (Å²) in [7, 11) is 0. The summed E-state index contributed by atoms with van der Waals surface area (Å²) >= 11 is 0. The van der Waals surface area contributed by atoms with E-state index in [0.29, 0.717) is 11.5 Å². The molecule has 1 N–H and O–H groups in total. The molecule has 1 aromatic heterocycles. The van der Waals surface area contributed by atoms with Crippen LogP contribution in [0, 0.1) is 12.8 Å². The number of rotatable bonds is 3. The lowest BCUT2D eigenvalue weighted by Crippen LogP contribution is -2.06. The topological polar surface area (TPSA) is 42.2 Å². The van der Waals surface area contributed by atoms with Crippen LogP contribution in [0.3, 0.4) is 0 Å². The van der Waals surface area contributed by atoms with E-state index in [1.807, 2.05) is 17.7 Å². The van der Waals surface area contributed by atoms with E-state index in [2.05, 4.69) is 13.8 Å². The number of aromatic nitrogens is 1. The lowest BCUT2D eigenvalue weighted by molar-refractivity contribution is 0.0696. The fourth-order valence-electron chi connectivity index (χ4n) is 1.37. The molecule has 72 valence electrons. The normalized spacial score (nSPS) is 10.8. The molecule has 0 fully saturated rings. The summed E-state index contributed by atoms with van der Waals surface area (Å²) in [6.45, 7) is 6.94. The molecule has 0 aromatic carbocycles. The van der Waals surface area contributed by atoms with Gasteiger partial charge in [0.2, 0.25) is 0 Å². The quantitative estimate of drug-likeness (QED) is 0.776. The van der Waals surface area contributed by atoms with Crippen molar-refractivity contribution < 1.29 is 9.90 Å². The molecule has 1 aromatic rings. The molecule has 0 amide bonds. The van der Waals surface area contributed by atoms with Crippen LogP contribution < -0.4 is 0 Å². The highest BCUT2D eigenvalue weighted by Gasteiger charge is 2.11. The third-order valence-corrected chi connectivity index (χ3v) is 2.03. The Labute approximate surface area is 78.0 Å². The zero-order valence-electron chi connectivity index (χ0n) is 8.24. The minimum absolute atomic E-state index is 0.403. The third kappa shape index (κ3) is 2.11. The molecule has 0 bridgehead atoms. The molecule has 0 radical (unpaired) electrons. The minimum atomic E-state index is -0.847. The molecular weight excluding hydrogens is 166 g/mol. The molecule has 0 saturated heterocycles. The van der Waals surface area contributed by atoms with Gasteiger partial charge in [-0.15, -0.1) is 0 Å². The average Bonchev–Trinajstić information content (AvgIpc) is 2.32. The Morgan fingerprint density at radius 1 is 1.62 bits per heavy atom. The van der Waals surface area contributed by atoms with Crippen LogP contribution in [0.1, 0.15) is 29.9 Å². The maximum absolute atomic E-state index is 10.7. The molecule has 13 heavy (non-hydrogen) atoms. The summed E-state index contributed by atoms with van der Waals surface area (Å²) < 4.78 is 1.98. The second-order valence-corrected chi connectivity index (χ2v) is 3.67. The van der Waals surface area contributed by atoms with Gasteiger partial charge in [0, 0.05) is 18.4 Å². The summed E-state index contributed by atoms with van der Waals surface area (Å²) in [5.74, 6) is -0.312. The summed E-state index contributed by atoms with van der Waals surface area (Å²) in [6.07, 6.45) is 1.83. The first-order valence-electron chi connectivity index (χ1n) is 4.41. The van der Waals surface area contributed by atoms with E-state index in [-0.39, 0.29) is 0 Å². The number of hydrogen-bond donors (Lipinski definition) is 1. The fraction of sp³-hybridized carbons (Fsp3) is 0.500. The Morgan fingerprint density at radius 2 is 2.23 bits per heavy atom. The van der Waals surface area contributed by atoms with Crippen molar-refractivity contribution in [3.63, 3.8) is 0 Å². The maximum Gasteiger partial charge on any atom is 0.337 e. The lowest BCUT2D eigenvalue weighted by Gasteiger charge is -2.08. The van der Waals surface area contributed by atoms with Gasteiger partial charge in [0.1, 0.15) is 0 Å². The van der Waals surface area contributed by atoms with Crippen molar-refractivity contribution in [2.75, 3.05) is 0 Å². The number of nitrogens with zero attached hydrogens (tertiary/aromatic N) is 1. The predicted octanol–water partition coefficient (Wildman–Crippen LogP) is 2.15. The Bertz CT molecular complexity index is 313. The average molecular weight is 181 g/mol. The number of carbonyl (C=O) groups is 1. The molecule has 0 atom stereocenters. The van der Waals surface area contributed by atoms with E-state index in [1.165, 1.54) is 0 Å². The van der Waals surface area contributed by atoms with Gasteiger partial charge in [0.05, 0.1) is 5.56 Å². The van der Waals surface area contributed by atoms with Crippen molar-refractivity contribution in [1.82, 2.24) is 4.57 Å². The second-order valence-electron chi connectivity index (χ2n) is 3.67. The summed E-state index contributed by atoms with van der Waals surface area (Å²) in [6, 6.07) is 1.65. The van der Waals surface area contributed by atoms with E-state index in [0.717, 1.165) is 12.2 Å². The molecule has 0 spiro atoms. The highest BCUT2D eigenvalue weighted by molar-refractivity contribution is 5.88. The second kappa shape index (κ2) is 3.64. The van der Waals surface area contributed by atoms with Crippen molar-refractivity contribution in [2.24, 2.45) is 5.92 Å². The Kier molecular flexibility index (Phi) is 2.76. The molecule has 3 heteroatoms. The molecule has 3 nitrogen and oxygen atoms in total. The number of carboxylic acid groups (broad SMARTS) is 1. The number of aromatic carboxylic acids is 1. The van der Waals surface area contributed by atoms with Crippen LogP contribution in [0.5, 0.6) is 0 Å². The summed E-state index contributed by atoms with van der Waals surface area (Å²) in [4.78, 5) is 10.7. The van der Waals surface area contributed by atoms with Gasteiger partial charge in [-0.3, -0.25) is 0 Å². The van der Waals surface area contributed by atoms with E-state index in [9.17, 15) is 4.79 Å². The van der Waals surface area contributed by atoms with Crippen molar-refractivity contribution in [1.29, 1.82) is 0 Å². The molecule has 0 unspecified atom stereocenters. The SMILES string of the molecule is Cc1c(C(=O)O)ccn1CC(C)C. The van der Waals surface area contributed by atoms with E-state index >= 15 is 0 Å². The van der Waals surface area contributed by atoms with Gasteiger partial charge >= 0.3 is 5.97 Å². The Morgan fingerprint density at radius 3 is 2.62 bits per heavy atom. The zero-order valence-corrected chi connectivity index (χ0v) is 8.24. The van der Waals surface area contributed by atoms with Crippen molar-refractivity contribution in [3.8, 4) is 0 Å². The smallest absolute Gasteiger partial charge is 0.337 e. The molecule has 0 aliphatic heterocycles. The molecule has 0 saturated carbocycles. The first kappa shape index (κ1) is 9.84. The first-order chi connectivity index (χ1) is 6.02. The summed E-state index contributed by atoms with van der Waals surface area (Å²) in [5.41, 5.74) is 1.24. The molecule has 0 aliphatic rings. The van der Waals surface area contributed by atoms with Gasteiger partial charge in [-0.1, -0.05) is 13.8 Å².